The molecule has 1 aliphatic heterocycles. The molecule has 0 N–H and O–H groups in total. The van der Waals surface area contributed by atoms with Crippen molar-refractivity contribution in [2.45, 2.75) is 5.41 Å². The second kappa shape index (κ2) is 12.9. The third-order valence-corrected chi connectivity index (χ3v) is 14.2. The number of hydrogen-bond acceptors (Lipinski definition) is 1. The molecule has 14 rings (SSSR count). The van der Waals surface area contributed by atoms with Crippen LogP contribution in [0.5, 0.6) is 0 Å². The molecule has 1 unspecified atom stereocenters. The Kier molecular flexibility index (Phi) is 7.07. The maximum atomic E-state index is 2.52. The number of aromatic nitrogens is 1. The fraction of sp³-hybridized carbons (Fsp3) is 0.0164. The summed E-state index contributed by atoms with van der Waals surface area (Å²) in [5, 5.41) is 10.2. The molecule has 0 fully saturated rings. The predicted octanol–water partition coefficient (Wildman–Crippen LogP) is 16.1. The first-order valence-electron chi connectivity index (χ1n) is 21.9. The first kappa shape index (κ1) is 34.5. The number of hydrogen-bond donors (Lipinski definition) is 0. The highest BCUT2D eigenvalue weighted by molar-refractivity contribution is 6.26. The summed E-state index contributed by atoms with van der Waals surface area (Å²) in [6.07, 6.45) is 0. The summed E-state index contributed by atoms with van der Waals surface area (Å²) in [4.78, 5) is 2.51. The van der Waals surface area contributed by atoms with Gasteiger partial charge in [-0.2, -0.15) is 0 Å². The van der Waals surface area contributed by atoms with E-state index in [4.69, 9.17) is 0 Å². The number of fused-ring (bicyclic) bond motifs is 18. The van der Waals surface area contributed by atoms with E-state index in [0.717, 1.165) is 17.1 Å². The number of para-hydroxylation sites is 3. The second-order valence-corrected chi connectivity index (χ2v) is 17.1. The standard InChI is InChI=1S/C61H38N2/c1-2-16-39(17-3-1)40-32-34-41(35-33-40)62(42-36-37-47-45-20-5-4-18-43(45)44-19-6-7-21-46(44)51(47)38-42)58-31-15-27-54-59(58)50-23-8-10-25-52(50)61(54)53-26-11-13-30-57(53)63-56-29-12-9-22-48(56)49-24-14-28-55(61)60(49)63/h1-38H. The summed E-state index contributed by atoms with van der Waals surface area (Å²) in [7, 11) is 0. The molecule has 0 amide bonds. The molecule has 1 aromatic heterocycles. The van der Waals surface area contributed by atoms with E-state index in [-0.39, 0.29) is 0 Å². The van der Waals surface area contributed by atoms with Crippen molar-refractivity contribution < 1.29 is 0 Å². The zero-order valence-corrected chi connectivity index (χ0v) is 34.3. The smallest absolute Gasteiger partial charge is 0.0755 e. The highest BCUT2D eigenvalue weighted by Gasteiger charge is 2.51. The molecule has 12 aromatic rings. The Morgan fingerprint density at radius 2 is 0.873 bits per heavy atom. The van der Waals surface area contributed by atoms with Crippen LogP contribution in [-0.4, -0.2) is 4.57 Å². The fourth-order valence-electron chi connectivity index (χ4n) is 11.7. The van der Waals surface area contributed by atoms with Crippen molar-refractivity contribution in [2.75, 3.05) is 4.90 Å². The monoisotopic (exact) mass is 798 g/mol. The van der Waals surface area contributed by atoms with Crippen LogP contribution in [0.1, 0.15) is 22.3 Å². The van der Waals surface area contributed by atoms with Gasteiger partial charge in [-0.3, -0.25) is 0 Å². The lowest BCUT2D eigenvalue weighted by atomic mass is 9.65. The first-order valence-corrected chi connectivity index (χ1v) is 21.9. The summed E-state index contributed by atoms with van der Waals surface area (Å²) < 4.78 is 2.52. The SMILES string of the molecule is c1ccc(-c2ccc(N(c3ccc4c5ccccc5c5ccccc5c4c3)c3cccc4c3-c3ccccc3C43c4ccccc4-n4c5ccccc5c5cccc3c54)cc2)cc1. The summed E-state index contributed by atoms with van der Waals surface area (Å²) in [5.74, 6) is 0. The second-order valence-electron chi connectivity index (χ2n) is 17.1. The van der Waals surface area contributed by atoms with Gasteiger partial charge in [0.05, 0.1) is 27.8 Å². The topological polar surface area (TPSA) is 8.17 Å². The van der Waals surface area contributed by atoms with Crippen LogP contribution in [0.2, 0.25) is 0 Å². The molecule has 2 heterocycles. The van der Waals surface area contributed by atoms with Gasteiger partial charge in [0.25, 0.3) is 0 Å². The number of benzene rings is 11. The average Bonchev–Trinajstić information content (AvgIpc) is 3.86. The van der Waals surface area contributed by atoms with Gasteiger partial charge in [-0.1, -0.05) is 188 Å². The van der Waals surface area contributed by atoms with E-state index >= 15 is 0 Å². The normalized spacial score (nSPS) is 14.7. The van der Waals surface area contributed by atoms with Gasteiger partial charge in [0.1, 0.15) is 0 Å². The molecule has 2 nitrogen and oxygen atoms in total. The van der Waals surface area contributed by atoms with E-state index in [0.29, 0.717) is 0 Å². The van der Waals surface area contributed by atoms with Crippen molar-refractivity contribution in [2.24, 2.45) is 0 Å². The molecule has 1 aliphatic carbocycles. The van der Waals surface area contributed by atoms with Crippen molar-refractivity contribution in [3.63, 3.8) is 0 Å². The predicted molar refractivity (Wildman–Crippen MR) is 264 cm³/mol. The van der Waals surface area contributed by atoms with E-state index in [9.17, 15) is 0 Å². The molecule has 0 saturated heterocycles. The lowest BCUT2D eigenvalue weighted by molar-refractivity contribution is 0.748. The zero-order chi connectivity index (χ0) is 41.2. The lowest BCUT2D eigenvalue weighted by Gasteiger charge is -2.39. The number of anilines is 3. The summed E-state index contributed by atoms with van der Waals surface area (Å²) in [6.45, 7) is 0. The molecule has 11 aromatic carbocycles. The average molecular weight is 799 g/mol. The number of rotatable bonds is 4. The molecule has 1 spiro atoms. The van der Waals surface area contributed by atoms with Crippen LogP contribution in [0, 0.1) is 0 Å². The van der Waals surface area contributed by atoms with E-state index < -0.39 is 5.41 Å². The van der Waals surface area contributed by atoms with Gasteiger partial charge >= 0.3 is 0 Å². The molecular formula is C61H38N2. The Balaban J connectivity index is 1.08. The van der Waals surface area contributed by atoms with Gasteiger partial charge in [0, 0.05) is 27.7 Å². The largest absolute Gasteiger partial charge is 0.310 e. The van der Waals surface area contributed by atoms with Crippen LogP contribution in [-0.2, 0) is 5.41 Å². The molecule has 1 atom stereocenters. The Bertz CT molecular complexity index is 3820. The Morgan fingerprint density at radius 1 is 0.333 bits per heavy atom. The molecular weight excluding hydrogens is 761 g/mol. The third kappa shape index (κ3) is 4.57. The Hall–Kier alpha value is -8.20. The molecule has 63 heavy (non-hydrogen) atoms. The van der Waals surface area contributed by atoms with Crippen molar-refractivity contribution >= 4 is 71.2 Å². The fourth-order valence-corrected chi connectivity index (χ4v) is 11.7. The van der Waals surface area contributed by atoms with Gasteiger partial charge in [0.2, 0.25) is 0 Å². The van der Waals surface area contributed by atoms with Crippen LogP contribution >= 0.6 is 0 Å². The summed E-state index contributed by atoms with van der Waals surface area (Å²) in [6, 6.07) is 85.9. The molecule has 0 radical (unpaired) electrons. The van der Waals surface area contributed by atoms with Crippen LogP contribution in [0.3, 0.4) is 0 Å². The Morgan fingerprint density at radius 3 is 1.65 bits per heavy atom. The minimum absolute atomic E-state index is 0.552. The minimum atomic E-state index is -0.552. The van der Waals surface area contributed by atoms with Crippen LogP contribution in [0.25, 0.3) is 82.1 Å². The maximum Gasteiger partial charge on any atom is 0.0755 e. The van der Waals surface area contributed by atoms with Crippen LogP contribution < -0.4 is 4.90 Å². The van der Waals surface area contributed by atoms with Crippen molar-refractivity contribution in [1.29, 1.82) is 0 Å². The van der Waals surface area contributed by atoms with Crippen LogP contribution in [0.15, 0.2) is 231 Å². The zero-order valence-electron chi connectivity index (χ0n) is 34.3. The summed E-state index contributed by atoms with van der Waals surface area (Å²) >= 11 is 0. The van der Waals surface area contributed by atoms with E-state index in [1.54, 1.807) is 0 Å². The van der Waals surface area contributed by atoms with E-state index in [2.05, 4.69) is 240 Å². The number of nitrogens with zero attached hydrogens (tertiary/aromatic N) is 2. The van der Waals surface area contributed by atoms with Crippen molar-refractivity contribution in [1.82, 2.24) is 4.57 Å². The van der Waals surface area contributed by atoms with Crippen molar-refractivity contribution in [3.05, 3.63) is 253 Å². The quantitative estimate of drug-likeness (QED) is 0.161. The van der Waals surface area contributed by atoms with E-state index in [1.807, 2.05) is 0 Å². The molecule has 292 valence electrons. The van der Waals surface area contributed by atoms with Gasteiger partial charge in [0.15, 0.2) is 0 Å². The lowest BCUT2D eigenvalue weighted by Crippen LogP contribution is -2.33. The molecule has 2 aliphatic rings. The molecule has 2 heteroatoms. The van der Waals surface area contributed by atoms with Gasteiger partial charge in [-0.25, -0.2) is 0 Å². The molecule has 0 bridgehead atoms. The van der Waals surface area contributed by atoms with Gasteiger partial charge in [-0.05, 0) is 114 Å². The van der Waals surface area contributed by atoms with Crippen LogP contribution in [0.4, 0.5) is 17.1 Å². The first-order chi connectivity index (χ1) is 31.3. The highest BCUT2D eigenvalue weighted by atomic mass is 15.1. The highest BCUT2D eigenvalue weighted by Crippen LogP contribution is 2.63. The summed E-state index contributed by atoms with van der Waals surface area (Å²) in [5.41, 5.74) is 16.8. The van der Waals surface area contributed by atoms with E-state index in [1.165, 1.54) is 104 Å². The van der Waals surface area contributed by atoms with Gasteiger partial charge in [-0.15, -0.1) is 0 Å². The third-order valence-electron chi connectivity index (χ3n) is 14.2. The minimum Gasteiger partial charge on any atom is -0.310 e. The Labute approximate surface area is 365 Å². The van der Waals surface area contributed by atoms with Gasteiger partial charge < -0.3 is 9.47 Å². The molecule has 0 saturated carbocycles. The van der Waals surface area contributed by atoms with Crippen molar-refractivity contribution in [3.8, 4) is 27.9 Å². The maximum absolute atomic E-state index is 2.52.